The number of aromatic nitrogens is 3. The summed E-state index contributed by atoms with van der Waals surface area (Å²) in [6, 6.07) is 7.66. The molecule has 0 saturated carbocycles. The van der Waals surface area contributed by atoms with Gasteiger partial charge in [0.1, 0.15) is 5.75 Å². The van der Waals surface area contributed by atoms with Crippen molar-refractivity contribution in [3.05, 3.63) is 35.7 Å². The number of halogens is 1. The van der Waals surface area contributed by atoms with Crippen molar-refractivity contribution >= 4 is 18.3 Å². The molecular formula is C17H24ClN5O2. The average molecular weight is 366 g/mol. The van der Waals surface area contributed by atoms with Crippen molar-refractivity contribution in [3.8, 4) is 11.4 Å². The second kappa shape index (κ2) is 7.84. The molecule has 3 rings (SSSR count). The lowest BCUT2D eigenvalue weighted by Crippen LogP contribution is -2.35. The second-order valence-corrected chi connectivity index (χ2v) is 6.28. The molecule has 2 aromatic rings. The molecule has 1 fully saturated rings. The third-order valence-corrected chi connectivity index (χ3v) is 4.67. The van der Waals surface area contributed by atoms with E-state index in [0.29, 0.717) is 24.7 Å². The van der Waals surface area contributed by atoms with Crippen LogP contribution in [0.3, 0.4) is 0 Å². The summed E-state index contributed by atoms with van der Waals surface area (Å²) < 4.78 is 6.84. The number of rotatable bonds is 4. The van der Waals surface area contributed by atoms with E-state index in [-0.39, 0.29) is 24.4 Å². The molecule has 2 heterocycles. The molecule has 1 aliphatic rings. The highest BCUT2D eigenvalue weighted by atomic mass is 35.5. The third-order valence-electron chi connectivity index (χ3n) is 4.67. The number of carbonyl (C=O) groups is 1. The first-order chi connectivity index (χ1) is 11.5. The van der Waals surface area contributed by atoms with Crippen molar-refractivity contribution in [2.45, 2.75) is 26.3 Å². The molecule has 1 aromatic heterocycles. The molecule has 1 aromatic carbocycles. The van der Waals surface area contributed by atoms with Crippen LogP contribution in [0, 0.1) is 12.8 Å². The molecule has 136 valence electrons. The zero-order chi connectivity index (χ0) is 17.3. The predicted molar refractivity (Wildman–Crippen MR) is 97.6 cm³/mol. The number of methoxy groups -OCH3 is 1. The zero-order valence-corrected chi connectivity index (χ0v) is 15.5. The highest BCUT2D eigenvalue weighted by molar-refractivity contribution is 5.93. The van der Waals surface area contributed by atoms with Crippen molar-refractivity contribution in [3.63, 3.8) is 0 Å². The lowest BCUT2D eigenvalue weighted by molar-refractivity contribution is 0.0736. The van der Waals surface area contributed by atoms with Crippen LogP contribution in [0.4, 0.5) is 0 Å². The third kappa shape index (κ3) is 3.62. The van der Waals surface area contributed by atoms with E-state index in [1.54, 1.807) is 11.8 Å². The molecule has 8 heteroatoms. The molecule has 2 unspecified atom stereocenters. The first kappa shape index (κ1) is 19.2. The van der Waals surface area contributed by atoms with Crippen LogP contribution in [0.2, 0.25) is 0 Å². The monoisotopic (exact) mass is 365 g/mol. The van der Waals surface area contributed by atoms with Gasteiger partial charge in [-0.25, -0.2) is 4.68 Å². The number of carbonyl (C=O) groups excluding carboxylic acids is 1. The zero-order valence-electron chi connectivity index (χ0n) is 14.7. The minimum Gasteiger partial charge on any atom is -0.497 e. The van der Waals surface area contributed by atoms with Crippen LogP contribution in [-0.2, 0) is 0 Å². The number of nitrogens with two attached hydrogens (primary N) is 1. The first-order valence-electron chi connectivity index (χ1n) is 8.13. The van der Waals surface area contributed by atoms with E-state index in [4.69, 9.17) is 10.5 Å². The van der Waals surface area contributed by atoms with Gasteiger partial charge in [-0.15, -0.1) is 17.5 Å². The van der Waals surface area contributed by atoms with Crippen molar-refractivity contribution in [1.82, 2.24) is 19.9 Å². The second-order valence-electron chi connectivity index (χ2n) is 6.28. The molecule has 0 aliphatic carbocycles. The lowest BCUT2D eigenvalue weighted by atomic mass is 10.1. The van der Waals surface area contributed by atoms with Crippen LogP contribution < -0.4 is 10.5 Å². The molecule has 2 atom stereocenters. The van der Waals surface area contributed by atoms with E-state index in [1.807, 2.05) is 36.1 Å². The number of hydrogen-bond donors (Lipinski definition) is 1. The summed E-state index contributed by atoms with van der Waals surface area (Å²) in [6.07, 6.45) is 0.938. The van der Waals surface area contributed by atoms with Crippen molar-refractivity contribution in [2.24, 2.45) is 11.7 Å². The van der Waals surface area contributed by atoms with E-state index in [9.17, 15) is 4.79 Å². The Hall–Kier alpha value is -2.12. The van der Waals surface area contributed by atoms with E-state index < -0.39 is 0 Å². The number of likely N-dealkylation sites (tertiary alicyclic amines) is 1. The maximum absolute atomic E-state index is 12.8. The Morgan fingerprint density at radius 2 is 2.04 bits per heavy atom. The Balaban J connectivity index is 0.00000225. The fourth-order valence-electron chi connectivity index (χ4n) is 3.23. The van der Waals surface area contributed by atoms with Gasteiger partial charge in [-0.1, -0.05) is 5.21 Å². The molecule has 0 bridgehead atoms. The van der Waals surface area contributed by atoms with Gasteiger partial charge in [0.2, 0.25) is 0 Å². The average Bonchev–Trinajstić information content (AvgIpc) is 3.17. The maximum atomic E-state index is 12.8. The summed E-state index contributed by atoms with van der Waals surface area (Å²) in [5, 5.41) is 8.28. The van der Waals surface area contributed by atoms with E-state index in [0.717, 1.165) is 23.6 Å². The highest BCUT2D eigenvalue weighted by Gasteiger charge is 2.34. The normalized spacial score (nSPS) is 19.6. The van der Waals surface area contributed by atoms with E-state index >= 15 is 0 Å². The molecule has 25 heavy (non-hydrogen) atoms. The number of nitrogens with zero attached hydrogens (tertiary/aromatic N) is 4. The van der Waals surface area contributed by atoms with Crippen LogP contribution >= 0.6 is 12.4 Å². The first-order valence-corrected chi connectivity index (χ1v) is 8.13. The van der Waals surface area contributed by atoms with Crippen LogP contribution in [-0.4, -0.2) is 52.0 Å². The van der Waals surface area contributed by atoms with Gasteiger partial charge in [0, 0.05) is 12.6 Å². The summed E-state index contributed by atoms with van der Waals surface area (Å²) >= 11 is 0. The fraction of sp³-hybridized carbons (Fsp3) is 0.471. The van der Waals surface area contributed by atoms with Gasteiger partial charge in [0.25, 0.3) is 5.91 Å². The molecule has 1 aliphatic heterocycles. The van der Waals surface area contributed by atoms with Gasteiger partial charge in [0.05, 0.1) is 18.5 Å². The van der Waals surface area contributed by atoms with Gasteiger partial charge in [-0.3, -0.25) is 4.79 Å². The smallest absolute Gasteiger partial charge is 0.276 e. The van der Waals surface area contributed by atoms with Crippen LogP contribution in [0.15, 0.2) is 24.3 Å². The molecular weight excluding hydrogens is 342 g/mol. The maximum Gasteiger partial charge on any atom is 0.276 e. The number of benzene rings is 1. The summed E-state index contributed by atoms with van der Waals surface area (Å²) in [7, 11) is 1.62. The summed E-state index contributed by atoms with van der Waals surface area (Å²) in [5.41, 5.74) is 7.72. The Labute approximate surface area is 153 Å². The molecule has 0 radical (unpaired) electrons. The Morgan fingerprint density at radius 1 is 1.36 bits per heavy atom. The minimum atomic E-state index is -0.0734. The number of ether oxygens (including phenoxy) is 1. The minimum absolute atomic E-state index is 0. The summed E-state index contributed by atoms with van der Waals surface area (Å²) in [6.45, 7) is 5.20. The Morgan fingerprint density at radius 3 is 2.60 bits per heavy atom. The molecule has 7 nitrogen and oxygen atoms in total. The predicted octanol–water partition coefficient (Wildman–Crippen LogP) is 1.82. The Bertz CT molecular complexity index is 731. The highest BCUT2D eigenvalue weighted by Crippen LogP contribution is 2.25. The number of hydrogen-bond acceptors (Lipinski definition) is 5. The van der Waals surface area contributed by atoms with Gasteiger partial charge in [-0.2, -0.15) is 0 Å². The SMILES string of the molecule is COc1ccc(-n2nnc(C(=O)N3CC(CN)CC3C)c2C)cc1.Cl. The van der Waals surface area contributed by atoms with Gasteiger partial charge in [0.15, 0.2) is 5.69 Å². The molecule has 1 amide bonds. The lowest BCUT2D eigenvalue weighted by Gasteiger charge is -2.20. The van der Waals surface area contributed by atoms with Crippen LogP contribution in [0.5, 0.6) is 5.75 Å². The molecule has 0 spiro atoms. The topological polar surface area (TPSA) is 86.3 Å². The van der Waals surface area contributed by atoms with Crippen molar-refractivity contribution < 1.29 is 9.53 Å². The van der Waals surface area contributed by atoms with Crippen molar-refractivity contribution in [2.75, 3.05) is 20.2 Å². The van der Waals surface area contributed by atoms with Crippen LogP contribution in [0.1, 0.15) is 29.5 Å². The van der Waals surface area contributed by atoms with E-state index in [2.05, 4.69) is 17.2 Å². The summed E-state index contributed by atoms with van der Waals surface area (Å²) in [5.74, 6) is 1.06. The standard InChI is InChI=1S/C17H23N5O2.ClH/c1-11-8-13(9-18)10-21(11)17(23)16-12(2)22(20-19-16)14-4-6-15(24-3)7-5-14;/h4-7,11,13H,8-10,18H2,1-3H3;1H. The van der Waals surface area contributed by atoms with Crippen molar-refractivity contribution in [1.29, 1.82) is 0 Å². The Kier molecular flexibility index (Phi) is 6.02. The van der Waals surface area contributed by atoms with Crippen LogP contribution in [0.25, 0.3) is 5.69 Å². The van der Waals surface area contributed by atoms with Gasteiger partial charge >= 0.3 is 0 Å². The molecule has 2 N–H and O–H groups in total. The molecule has 1 saturated heterocycles. The largest absolute Gasteiger partial charge is 0.497 e. The summed E-state index contributed by atoms with van der Waals surface area (Å²) in [4.78, 5) is 14.7. The van der Waals surface area contributed by atoms with Gasteiger partial charge < -0.3 is 15.4 Å². The number of amides is 1. The van der Waals surface area contributed by atoms with E-state index in [1.165, 1.54) is 0 Å². The fourth-order valence-corrected chi connectivity index (χ4v) is 3.23. The quantitative estimate of drug-likeness (QED) is 0.893. The van der Waals surface area contributed by atoms with Gasteiger partial charge in [-0.05, 0) is 57.0 Å².